The minimum atomic E-state index is -1.18. The van der Waals surface area contributed by atoms with Gasteiger partial charge in [-0.3, -0.25) is 4.79 Å². The Morgan fingerprint density at radius 2 is 2.11 bits per heavy atom. The highest BCUT2D eigenvalue weighted by Gasteiger charge is 2.20. The molecule has 0 radical (unpaired) electrons. The molecule has 0 aliphatic carbocycles. The highest BCUT2D eigenvalue weighted by atomic mass is 16.5. The SMILES string of the molecule is COc1cc(C(=O)N[C@H](CCO)C(=O)O)ccc1C. The van der Waals surface area contributed by atoms with E-state index in [4.69, 9.17) is 14.9 Å². The molecule has 19 heavy (non-hydrogen) atoms. The number of benzene rings is 1. The summed E-state index contributed by atoms with van der Waals surface area (Å²) in [7, 11) is 1.50. The van der Waals surface area contributed by atoms with Crippen LogP contribution in [0.2, 0.25) is 0 Å². The third kappa shape index (κ3) is 3.96. The summed E-state index contributed by atoms with van der Waals surface area (Å²) in [6, 6.07) is 3.74. The average molecular weight is 267 g/mol. The van der Waals surface area contributed by atoms with E-state index in [9.17, 15) is 9.59 Å². The lowest BCUT2D eigenvalue weighted by Crippen LogP contribution is -2.41. The first-order chi connectivity index (χ1) is 8.99. The van der Waals surface area contributed by atoms with Crippen LogP contribution in [-0.4, -0.2) is 41.8 Å². The molecule has 0 spiro atoms. The van der Waals surface area contributed by atoms with E-state index in [1.54, 1.807) is 18.2 Å². The van der Waals surface area contributed by atoms with Crippen molar-refractivity contribution in [1.29, 1.82) is 0 Å². The Morgan fingerprint density at radius 3 is 2.63 bits per heavy atom. The zero-order valence-electron chi connectivity index (χ0n) is 10.8. The number of aliphatic hydroxyl groups excluding tert-OH is 1. The second-order valence-corrected chi connectivity index (χ2v) is 4.06. The van der Waals surface area contributed by atoms with Crippen LogP contribution in [0.5, 0.6) is 5.75 Å². The van der Waals surface area contributed by atoms with Gasteiger partial charge in [0.2, 0.25) is 0 Å². The lowest BCUT2D eigenvalue weighted by atomic mass is 10.1. The fraction of sp³-hybridized carbons (Fsp3) is 0.385. The third-order valence-corrected chi connectivity index (χ3v) is 2.69. The number of ether oxygens (including phenoxy) is 1. The molecule has 1 aromatic carbocycles. The van der Waals surface area contributed by atoms with Crippen molar-refractivity contribution in [3.8, 4) is 5.75 Å². The van der Waals surface area contributed by atoms with E-state index in [1.165, 1.54) is 7.11 Å². The standard InChI is InChI=1S/C13H17NO5/c1-8-3-4-9(7-11(8)19-2)12(16)14-10(5-6-15)13(17)18/h3-4,7,10,15H,5-6H2,1-2H3,(H,14,16)(H,17,18)/t10-/m1/s1. The number of carboxylic acid groups (broad SMARTS) is 1. The van der Waals surface area contributed by atoms with Crippen LogP contribution in [0.3, 0.4) is 0 Å². The van der Waals surface area contributed by atoms with Crippen molar-refractivity contribution in [2.45, 2.75) is 19.4 Å². The zero-order chi connectivity index (χ0) is 14.4. The van der Waals surface area contributed by atoms with Gasteiger partial charge in [0, 0.05) is 18.6 Å². The predicted molar refractivity (Wildman–Crippen MR) is 68.3 cm³/mol. The third-order valence-electron chi connectivity index (χ3n) is 2.69. The van der Waals surface area contributed by atoms with E-state index in [1.807, 2.05) is 6.92 Å². The van der Waals surface area contributed by atoms with Crippen LogP contribution in [-0.2, 0) is 4.79 Å². The first kappa shape index (κ1) is 15.0. The molecule has 0 fully saturated rings. The van der Waals surface area contributed by atoms with Gasteiger partial charge >= 0.3 is 5.97 Å². The van der Waals surface area contributed by atoms with Crippen molar-refractivity contribution in [3.05, 3.63) is 29.3 Å². The number of amides is 1. The maximum Gasteiger partial charge on any atom is 0.326 e. The van der Waals surface area contributed by atoms with Gasteiger partial charge in [-0.25, -0.2) is 4.79 Å². The molecule has 104 valence electrons. The summed E-state index contributed by atoms with van der Waals surface area (Å²) in [5.74, 6) is -1.14. The van der Waals surface area contributed by atoms with E-state index >= 15 is 0 Å². The van der Waals surface area contributed by atoms with E-state index in [0.717, 1.165) is 5.56 Å². The smallest absolute Gasteiger partial charge is 0.326 e. The van der Waals surface area contributed by atoms with E-state index in [-0.39, 0.29) is 13.0 Å². The van der Waals surface area contributed by atoms with Crippen molar-refractivity contribution < 1.29 is 24.5 Å². The molecule has 3 N–H and O–H groups in total. The number of hydrogen-bond acceptors (Lipinski definition) is 4. The molecule has 0 unspecified atom stereocenters. The van der Waals surface area contributed by atoms with Gasteiger partial charge < -0.3 is 20.3 Å². The first-order valence-corrected chi connectivity index (χ1v) is 5.78. The predicted octanol–water partition coefficient (Wildman–Crippen LogP) is 0.569. The van der Waals surface area contributed by atoms with Gasteiger partial charge in [-0.15, -0.1) is 0 Å². The summed E-state index contributed by atoms with van der Waals surface area (Å²) >= 11 is 0. The fourth-order valence-corrected chi connectivity index (χ4v) is 1.59. The number of methoxy groups -OCH3 is 1. The molecule has 6 nitrogen and oxygen atoms in total. The molecule has 6 heteroatoms. The van der Waals surface area contributed by atoms with Gasteiger partial charge in [0.25, 0.3) is 5.91 Å². The number of carbonyl (C=O) groups is 2. The number of aliphatic carboxylic acids is 1. The van der Waals surface area contributed by atoms with Gasteiger partial charge in [-0.1, -0.05) is 6.07 Å². The Kier molecular flexibility index (Phi) is 5.32. The lowest BCUT2D eigenvalue weighted by molar-refractivity contribution is -0.139. The Bertz CT molecular complexity index is 472. The minimum Gasteiger partial charge on any atom is -0.496 e. The quantitative estimate of drug-likeness (QED) is 0.700. The second-order valence-electron chi connectivity index (χ2n) is 4.06. The van der Waals surface area contributed by atoms with Crippen LogP contribution in [0.4, 0.5) is 0 Å². The molecule has 0 aliphatic rings. The van der Waals surface area contributed by atoms with Crippen LogP contribution in [0.15, 0.2) is 18.2 Å². The molecule has 1 atom stereocenters. The fourth-order valence-electron chi connectivity index (χ4n) is 1.59. The van der Waals surface area contributed by atoms with E-state index < -0.39 is 17.9 Å². The van der Waals surface area contributed by atoms with Gasteiger partial charge in [0.05, 0.1) is 7.11 Å². The van der Waals surface area contributed by atoms with E-state index in [0.29, 0.717) is 11.3 Å². The Morgan fingerprint density at radius 1 is 1.42 bits per heavy atom. The maximum atomic E-state index is 11.9. The molecule has 0 heterocycles. The lowest BCUT2D eigenvalue weighted by Gasteiger charge is -2.14. The van der Waals surface area contributed by atoms with Crippen molar-refractivity contribution >= 4 is 11.9 Å². The van der Waals surface area contributed by atoms with Gasteiger partial charge in [-0.2, -0.15) is 0 Å². The van der Waals surface area contributed by atoms with Gasteiger partial charge in [0.1, 0.15) is 11.8 Å². The number of aliphatic hydroxyl groups is 1. The van der Waals surface area contributed by atoms with Crippen LogP contribution in [0.25, 0.3) is 0 Å². The molecule has 1 amide bonds. The van der Waals surface area contributed by atoms with Crippen LogP contribution in [0.1, 0.15) is 22.3 Å². The monoisotopic (exact) mass is 267 g/mol. The van der Waals surface area contributed by atoms with Crippen molar-refractivity contribution in [3.63, 3.8) is 0 Å². The van der Waals surface area contributed by atoms with Crippen molar-refractivity contribution in [2.24, 2.45) is 0 Å². The highest BCUT2D eigenvalue weighted by Crippen LogP contribution is 2.18. The number of carbonyl (C=O) groups excluding carboxylic acids is 1. The average Bonchev–Trinajstić information content (AvgIpc) is 2.38. The number of hydrogen-bond donors (Lipinski definition) is 3. The number of carboxylic acids is 1. The topological polar surface area (TPSA) is 95.9 Å². The zero-order valence-corrected chi connectivity index (χ0v) is 10.8. The highest BCUT2D eigenvalue weighted by molar-refractivity contribution is 5.97. The molecule has 1 aromatic rings. The summed E-state index contributed by atoms with van der Waals surface area (Å²) in [4.78, 5) is 22.8. The number of rotatable bonds is 6. The summed E-state index contributed by atoms with van der Waals surface area (Å²) in [6.07, 6.45) is -0.0376. The largest absolute Gasteiger partial charge is 0.496 e. The molecule has 0 saturated heterocycles. The van der Waals surface area contributed by atoms with Crippen molar-refractivity contribution in [2.75, 3.05) is 13.7 Å². The number of nitrogens with one attached hydrogen (secondary N) is 1. The number of aryl methyl sites for hydroxylation is 1. The first-order valence-electron chi connectivity index (χ1n) is 5.78. The van der Waals surface area contributed by atoms with Crippen molar-refractivity contribution in [1.82, 2.24) is 5.32 Å². The molecule has 0 saturated carbocycles. The maximum absolute atomic E-state index is 11.9. The molecule has 0 bridgehead atoms. The summed E-state index contributed by atoms with van der Waals surface area (Å²) in [5, 5.41) is 20.0. The Balaban J connectivity index is 2.85. The Labute approximate surface area is 111 Å². The summed E-state index contributed by atoms with van der Waals surface area (Å²) < 4.78 is 5.10. The van der Waals surface area contributed by atoms with Gasteiger partial charge in [0.15, 0.2) is 0 Å². The Hall–Kier alpha value is -2.08. The molecule has 1 rings (SSSR count). The van der Waals surface area contributed by atoms with Gasteiger partial charge in [-0.05, 0) is 24.6 Å². The summed E-state index contributed by atoms with van der Waals surface area (Å²) in [5.41, 5.74) is 1.19. The molecule has 0 aliphatic heterocycles. The molecular formula is C13H17NO5. The summed E-state index contributed by atoms with van der Waals surface area (Å²) in [6.45, 7) is 1.53. The minimum absolute atomic E-state index is 0.0376. The molecule has 0 aromatic heterocycles. The van der Waals surface area contributed by atoms with E-state index in [2.05, 4.69) is 5.32 Å². The molecular weight excluding hydrogens is 250 g/mol. The van der Waals surface area contributed by atoms with Crippen LogP contribution in [0, 0.1) is 6.92 Å². The normalized spacial score (nSPS) is 11.7. The van der Waals surface area contributed by atoms with Crippen LogP contribution >= 0.6 is 0 Å². The van der Waals surface area contributed by atoms with Crippen LogP contribution < -0.4 is 10.1 Å². The second kappa shape index (κ2) is 6.75.